The van der Waals surface area contributed by atoms with Crippen LogP contribution in [0.4, 0.5) is 0 Å². The first-order valence-electron chi connectivity index (χ1n) is 23.2. The van der Waals surface area contributed by atoms with Gasteiger partial charge in [-0.25, -0.2) is 0 Å². The third kappa shape index (κ3) is 7.59. The summed E-state index contributed by atoms with van der Waals surface area (Å²) in [5.41, 5.74) is 1.67. The van der Waals surface area contributed by atoms with Crippen LogP contribution in [-0.2, 0) is 33.2 Å². The molecule has 0 radical (unpaired) electrons. The SMILES string of the molecule is C[C@@H]1CC[C@]2(O[C@H]3C[C@H]4[C@@H]5CC=C6C[C@@H](O[C@H]7O[C@H](CO)[C@@H](O[C@@H]8O[C@@H](C)[C@H](O)[C@@H](O)[C@H]8O)[C@H](O)[C@H]7O[C@@H]7O[C@@H](C)[C@H](O)[C@@H](O)[C@H]7O)CC[C@]6(C)[C@H]5CC[C@]4(C)[C@H]3[C@@H]2C)[Se]C1. The number of fused-ring (bicyclic) bond motifs is 7. The minimum absolute atomic E-state index is 0.0107. The predicted octanol–water partition coefficient (Wildman–Crippen LogP) is 1.35. The van der Waals surface area contributed by atoms with Crippen LogP contribution in [0.1, 0.15) is 99.3 Å². The number of allylic oxidation sites excluding steroid dienone is 1. The molecule has 0 aromatic carbocycles. The van der Waals surface area contributed by atoms with E-state index in [-0.39, 0.29) is 21.4 Å². The maximum atomic E-state index is 12.0. The molecule has 5 aliphatic heterocycles. The average molecular weight is 932 g/mol. The van der Waals surface area contributed by atoms with E-state index in [0.717, 1.165) is 18.8 Å². The second-order valence-electron chi connectivity index (χ2n) is 21.1. The topological polar surface area (TPSA) is 226 Å². The Kier molecular flexibility index (Phi) is 12.8. The molecule has 26 atom stereocenters. The molecule has 4 aliphatic carbocycles. The number of rotatable bonds is 7. The molecule has 61 heavy (non-hydrogen) atoms. The summed E-state index contributed by atoms with van der Waals surface area (Å²) in [5, 5.41) is 87.3. The van der Waals surface area contributed by atoms with E-state index in [1.807, 2.05) is 0 Å². The first-order valence-corrected chi connectivity index (χ1v) is 25.3. The van der Waals surface area contributed by atoms with E-state index in [1.54, 1.807) is 0 Å². The van der Waals surface area contributed by atoms with Crippen molar-refractivity contribution in [2.75, 3.05) is 6.61 Å². The molecular weight excluding hydrogens is 859 g/mol. The van der Waals surface area contributed by atoms with Gasteiger partial charge in [0.1, 0.15) is 61.0 Å². The van der Waals surface area contributed by atoms with Crippen LogP contribution in [-0.4, -0.2) is 171 Å². The van der Waals surface area contributed by atoms with Crippen molar-refractivity contribution in [2.45, 2.75) is 213 Å². The van der Waals surface area contributed by atoms with Crippen molar-refractivity contribution in [1.82, 2.24) is 0 Å². The van der Waals surface area contributed by atoms with Crippen molar-refractivity contribution in [3.05, 3.63) is 11.6 Å². The summed E-state index contributed by atoms with van der Waals surface area (Å²) in [5.74, 6) is 3.86. The number of hydrogen-bond donors (Lipinski definition) is 8. The Labute approximate surface area is 365 Å². The number of aliphatic hydroxyl groups is 8. The van der Waals surface area contributed by atoms with Crippen molar-refractivity contribution in [1.29, 1.82) is 0 Å². The van der Waals surface area contributed by atoms with Gasteiger partial charge in [-0.2, -0.15) is 0 Å². The van der Waals surface area contributed by atoms with E-state index in [2.05, 4.69) is 33.8 Å². The average Bonchev–Trinajstić information content (AvgIpc) is 3.69. The van der Waals surface area contributed by atoms with E-state index in [4.69, 9.17) is 33.2 Å². The zero-order valence-electron chi connectivity index (χ0n) is 36.5. The molecule has 8 fully saturated rings. The molecule has 0 bridgehead atoms. The van der Waals surface area contributed by atoms with Gasteiger partial charge in [-0.15, -0.1) is 0 Å². The van der Waals surface area contributed by atoms with Crippen LogP contribution in [0.15, 0.2) is 11.6 Å². The Morgan fingerprint density at radius 3 is 1.98 bits per heavy atom. The first-order chi connectivity index (χ1) is 28.9. The Bertz CT molecular complexity index is 1600. The van der Waals surface area contributed by atoms with Gasteiger partial charge in [-0.05, 0) is 13.8 Å². The van der Waals surface area contributed by atoms with E-state index < -0.39 is 98.7 Å². The second kappa shape index (κ2) is 17.1. The van der Waals surface area contributed by atoms with Crippen LogP contribution in [0.5, 0.6) is 0 Å². The standard InChI is InChI=1S/C45H72O15Se/c1-19-9-14-45(61-18-19)20(2)30-28(60-45)16-27-25-8-7-23-15-24(10-12-43(23,5)26(25)11-13-44(27,30)6)56-42-39(59-41-36(52)34(50)32(48)22(4)55-41)37(53)38(29(17-46)57-42)58-40-35(51)33(49)31(47)21(3)54-40/h7,19-22,24-42,46-53H,8-18H2,1-6H3/t19-,20+,21+,22+,24+,25-,26+,27+,28+,29-,30+,31+,32+,33-,34-,35-,36-,37+,38-,39-,40+,41+,42+,43+,44+,45+/m1/s1. The van der Waals surface area contributed by atoms with E-state index in [0.29, 0.717) is 63.5 Å². The summed E-state index contributed by atoms with van der Waals surface area (Å²) in [6, 6.07) is 0. The Morgan fingerprint density at radius 1 is 0.705 bits per heavy atom. The molecule has 0 amide bonds. The number of aliphatic hydroxyl groups excluding tert-OH is 8. The predicted molar refractivity (Wildman–Crippen MR) is 217 cm³/mol. The fourth-order valence-electron chi connectivity index (χ4n) is 14.0. The Hall–Kier alpha value is -0.341. The van der Waals surface area contributed by atoms with Gasteiger partial charge in [-0.1, -0.05) is 0 Å². The van der Waals surface area contributed by atoms with Gasteiger partial charge in [-0.3, -0.25) is 0 Å². The normalized spacial score (nSPS) is 58.4. The molecule has 9 rings (SSSR count). The number of ether oxygens (including phenoxy) is 7. The molecule has 0 aromatic heterocycles. The fraction of sp³-hybridized carbons (Fsp3) is 0.956. The number of hydrogen-bond acceptors (Lipinski definition) is 15. The van der Waals surface area contributed by atoms with Gasteiger partial charge in [0.25, 0.3) is 0 Å². The third-order valence-electron chi connectivity index (χ3n) is 17.6. The maximum absolute atomic E-state index is 12.0. The molecule has 5 saturated heterocycles. The van der Waals surface area contributed by atoms with E-state index >= 15 is 0 Å². The van der Waals surface area contributed by atoms with Gasteiger partial charge in [0.15, 0.2) is 18.9 Å². The van der Waals surface area contributed by atoms with Crippen molar-refractivity contribution < 1.29 is 74.0 Å². The van der Waals surface area contributed by atoms with Gasteiger partial charge in [0.05, 0.1) is 18.8 Å². The minimum atomic E-state index is -1.70. The van der Waals surface area contributed by atoms with Crippen LogP contribution in [0.2, 0.25) is 5.32 Å². The van der Waals surface area contributed by atoms with E-state index in [9.17, 15) is 40.9 Å². The van der Waals surface area contributed by atoms with Crippen LogP contribution < -0.4 is 0 Å². The Morgan fingerprint density at radius 2 is 1.36 bits per heavy atom. The van der Waals surface area contributed by atoms with Crippen LogP contribution in [0.25, 0.3) is 0 Å². The molecule has 9 aliphatic rings. The molecule has 348 valence electrons. The van der Waals surface area contributed by atoms with Crippen LogP contribution >= 0.6 is 0 Å². The second-order valence-corrected chi connectivity index (χ2v) is 23.8. The summed E-state index contributed by atoms with van der Waals surface area (Å²) in [6.45, 7) is 12.4. The van der Waals surface area contributed by atoms with E-state index in [1.165, 1.54) is 56.8 Å². The summed E-state index contributed by atoms with van der Waals surface area (Å²) in [4.78, 5) is 0. The van der Waals surface area contributed by atoms with Crippen LogP contribution in [0.3, 0.4) is 0 Å². The summed E-state index contributed by atoms with van der Waals surface area (Å²) >= 11 is 0.535. The first kappa shape index (κ1) is 45.8. The summed E-state index contributed by atoms with van der Waals surface area (Å²) < 4.78 is 44.0. The third-order valence-corrected chi connectivity index (χ3v) is 21.6. The van der Waals surface area contributed by atoms with Crippen LogP contribution in [0, 0.1) is 46.3 Å². The molecule has 8 N–H and O–H groups in total. The molecule has 16 heteroatoms. The van der Waals surface area contributed by atoms with Gasteiger partial charge in [0, 0.05) is 0 Å². The van der Waals surface area contributed by atoms with Gasteiger partial charge in [0.2, 0.25) is 0 Å². The van der Waals surface area contributed by atoms with Crippen molar-refractivity contribution in [2.24, 2.45) is 46.3 Å². The van der Waals surface area contributed by atoms with Crippen molar-refractivity contribution >= 4 is 15.0 Å². The molecule has 1 spiro atoms. The Balaban J connectivity index is 0.916. The van der Waals surface area contributed by atoms with Gasteiger partial charge < -0.3 is 64.5 Å². The zero-order valence-corrected chi connectivity index (χ0v) is 38.2. The monoisotopic (exact) mass is 932 g/mol. The van der Waals surface area contributed by atoms with Gasteiger partial charge >= 0.3 is 190 Å². The molecule has 0 unspecified atom stereocenters. The summed E-state index contributed by atoms with van der Waals surface area (Å²) in [7, 11) is 0. The molecule has 0 aromatic rings. The molecule has 15 nitrogen and oxygen atoms in total. The zero-order chi connectivity index (χ0) is 43.5. The fourth-order valence-corrected chi connectivity index (χ4v) is 17.3. The summed E-state index contributed by atoms with van der Waals surface area (Å²) in [6.07, 6.45) is -9.39. The molecule has 5 heterocycles. The molecule has 3 saturated carbocycles. The quantitative estimate of drug-likeness (QED) is 0.133. The van der Waals surface area contributed by atoms with Crippen molar-refractivity contribution in [3.8, 4) is 0 Å². The molecular formula is C45H72O15Se. The van der Waals surface area contributed by atoms with Crippen molar-refractivity contribution in [3.63, 3.8) is 0 Å².